The average Bonchev–Trinajstić information content (AvgIpc) is 2.74. The number of hydrogen-bond donors (Lipinski definition) is 1. The van der Waals surface area contributed by atoms with E-state index >= 15 is 0 Å². The number of thiazole rings is 1. The number of hydrogen-bond acceptors (Lipinski definition) is 4. The number of nitrogen functional groups attached to an aromatic ring is 1. The minimum atomic E-state index is 0. The zero-order valence-electron chi connectivity index (χ0n) is 12.1. The van der Waals surface area contributed by atoms with Crippen LogP contribution in [0.15, 0.2) is 36.5 Å². The van der Waals surface area contributed by atoms with Gasteiger partial charge in [0.2, 0.25) is 0 Å². The first kappa shape index (κ1) is 16.3. The molecule has 1 aromatic carbocycles. The van der Waals surface area contributed by atoms with Crippen LogP contribution in [0.4, 0.5) is 5.13 Å². The maximum absolute atomic E-state index is 5.75. The quantitative estimate of drug-likeness (QED) is 0.917. The summed E-state index contributed by atoms with van der Waals surface area (Å²) in [6, 6.07) is 11.4. The third-order valence-electron chi connectivity index (χ3n) is 3.98. The summed E-state index contributed by atoms with van der Waals surface area (Å²) in [6.45, 7) is 2.13. The number of nitrogens with zero attached hydrogens (tertiary/aromatic N) is 2. The number of aromatic nitrogens is 1. The van der Waals surface area contributed by atoms with Crippen molar-refractivity contribution >= 4 is 28.9 Å². The number of nitrogens with two attached hydrogens (primary N) is 1. The molecule has 1 fully saturated rings. The second-order valence-corrected chi connectivity index (χ2v) is 6.56. The van der Waals surface area contributed by atoms with Gasteiger partial charge in [-0.2, -0.15) is 0 Å². The molecule has 2 aromatic rings. The molecular weight excluding hydrogens is 302 g/mol. The molecule has 1 aliphatic heterocycles. The lowest BCUT2D eigenvalue weighted by molar-refractivity contribution is 0.194. The second-order valence-electron chi connectivity index (χ2n) is 5.41. The highest BCUT2D eigenvalue weighted by Gasteiger charge is 2.23. The molecule has 2 heterocycles. The molecule has 21 heavy (non-hydrogen) atoms. The molecule has 1 unspecified atom stereocenters. The molecule has 0 radical (unpaired) electrons. The molecule has 5 heteroatoms. The first-order valence-electron chi connectivity index (χ1n) is 7.32. The highest BCUT2D eigenvalue weighted by atomic mass is 35.5. The fraction of sp³-hybridized carbons (Fsp3) is 0.438. The third-order valence-corrected chi connectivity index (χ3v) is 4.79. The van der Waals surface area contributed by atoms with Crippen molar-refractivity contribution in [1.82, 2.24) is 9.88 Å². The summed E-state index contributed by atoms with van der Waals surface area (Å²) in [5.74, 6) is 0. The molecule has 0 aliphatic carbocycles. The van der Waals surface area contributed by atoms with Crippen LogP contribution in [0.5, 0.6) is 0 Å². The van der Waals surface area contributed by atoms with E-state index in [0.717, 1.165) is 13.1 Å². The number of anilines is 1. The summed E-state index contributed by atoms with van der Waals surface area (Å²) < 4.78 is 0. The average molecular weight is 324 g/mol. The van der Waals surface area contributed by atoms with E-state index in [2.05, 4.69) is 40.2 Å². The summed E-state index contributed by atoms with van der Waals surface area (Å²) in [6.07, 6.45) is 7.12. The van der Waals surface area contributed by atoms with Crippen LogP contribution >= 0.6 is 23.7 Å². The molecule has 0 saturated carbocycles. The smallest absolute Gasteiger partial charge is 0.180 e. The summed E-state index contributed by atoms with van der Waals surface area (Å²) in [4.78, 5) is 8.03. The molecule has 0 spiro atoms. The Morgan fingerprint density at radius 3 is 2.71 bits per heavy atom. The predicted molar refractivity (Wildman–Crippen MR) is 91.8 cm³/mol. The van der Waals surface area contributed by atoms with Crippen LogP contribution in [0.1, 0.15) is 42.2 Å². The van der Waals surface area contributed by atoms with E-state index in [9.17, 15) is 0 Å². The van der Waals surface area contributed by atoms with Crippen LogP contribution < -0.4 is 5.73 Å². The van der Waals surface area contributed by atoms with Crippen LogP contribution in [-0.4, -0.2) is 16.4 Å². The van der Waals surface area contributed by atoms with Gasteiger partial charge in [-0.25, -0.2) is 4.98 Å². The van der Waals surface area contributed by atoms with E-state index in [1.807, 2.05) is 6.20 Å². The lowest BCUT2D eigenvalue weighted by Gasteiger charge is -2.29. The first-order chi connectivity index (χ1) is 9.83. The Kier molecular flexibility index (Phi) is 6.03. The van der Waals surface area contributed by atoms with Crippen LogP contribution in [0.2, 0.25) is 0 Å². The molecule has 3 nitrogen and oxygen atoms in total. The Morgan fingerprint density at radius 1 is 1.19 bits per heavy atom. The van der Waals surface area contributed by atoms with E-state index < -0.39 is 0 Å². The molecule has 0 bridgehead atoms. The first-order valence-corrected chi connectivity index (χ1v) is 8.14. The minimum Gasteiger partial charge on any atom is -0.375 e. The number of likely N-dealkylation sites (tertiary alicyclic amines) is 1. The minimum absolute atomic E-state index is 0. The number of halogens is 1. The van der Waals surface area contributed by atoms with Gasteiger partial charge in [-0.3, -0.25) is 4.90 Å². The fourth-order valence-electron chi connectivity index (χ4n) is 3.01. The van der Waals surface area contributed by atoms with Crippen LogP contribution in [0, 0.1) is 0 Å². The molecule has 1 aliphatic rings. The zero-order valence-corrected chi connectivity index (χ0v) is 13.7. The molecule has 1 saturated heterocycles. The summed E-state index contributed by atoms with van der Waals surface area (Å²) in [7, 11) is 0. The Hall–Kier alpha value is -1.10. The van der Waals surface area contributed by atoms with Gasteiger partial charge in [0.1, 0.15) is 0 Å². The van der Waals surface area contributed by atoms with Crippen LogP contribution in [0.3, 0.4) is 0 Å². The topological polar surface area (TPSA) is 42.1 Å². The Morgan fingerprint density at radius 2 is 2.00 bits per heavy atom. The molecule has 3 rings (SSSR count). The lowest BCUT2D eigenvalue weighted by Crippen LogP contribution is -2.27. The SMILES string of the molecule is Cl.Nc1ncc(CN2CCCCCC2c2ccccc2)s1. The normalized spacial score (nSPS) is 19.7. The molecule has 0 amide bonds. The van der Waals surface area contributed by atoms with Crippen molar-refractivity contribution in [2.45, 2.75) is 38.3 Å². The monoisotopic (exact) mass is 323 g/mol. The number of rotatable bonds is 3. The largest absolute Gasteiger partial charge is 0.375 e. The standard InChI is InChI=1S/C16H21N3S.ClH/c17-16-18-11-14(20-16)12-19-10-6-2-5-9-15(19)13-7-3-1-4-8-13;/h1,3-4,7-8,11,15H,2,5-6,9-10,12H2,(H2,17,18);1H. The highest BCUT2D eigenvalue weighted by molar-refractivity contribution is 7.15. The van der Waals surface area contributed by atoms with Crippen molar-refractivity contribution in [1.29, 1.82) is 0 Å². The number of benzene rings is 1. The Balaban J connectivity index is 0.00000161. The maximum atomic E-state index is 5.75. The summed E-state index contributed by atoms with van der Waals surface area (Å²) in [5, 5.41) is 0.672. The zero-order chi connectivity index (χ0) is 13.8. The second kappa shape index (κ2) is 7.78. The van der Waals surface area contributed by atoms with E-state index in [1.54, 1.807) is 11.3 Å². The van der Waals surface area contributed by atoms with Crippen molar-refractivity contribution in [3.63, 3.8) is 0 Å². The Labute approximate surface area is 136 Å². The third kappa shape index (κ3) is 4.19. The van der Waals surface area contributed by atoms with Gasteiger partial charge < -0.3 is 5.73 Å². The summed E-state index contributed by atoms with van der Waals surface area (Å²) >= 11 is 1.61. The van der Waals surface area contributed by atoms with E-state index in [0.29, 0.717) is 11.2 Å². The predicted octanol–water partition coefficient (Wildman–Crippen LogP) is 4.26. The molecule has 2 N–H and O–H groups in total. The highest BCUT2D eigenvalue weighted by Crippen LogP contribution is 2.32. The fourth-order valence-corrected chi connectivity index (χ4v) is 3.72. The van der Waals surface area contributed by atoms with Crippen LogP contribution in [-0.2, 0) is 6.54 Å². The Bertz CT molecular complexity index is 543. The molecular formula is C16H22ClN3S. The molecule has 114 valence electrons. The van der Waals surface area contributed by atoms with Gasteiger partial charge in [-0.05, 0) is 24.9 Å². The van der Waals surface area contributed by atoms with Gasteiger partial charge in [0, 0.05) is 23.7 Å². The van der Waals surface area contributed by atoms with Gasteiger partial charge in [-0.1, -0.05) is 43.2 Å². The molecule has 1 atom stereocenters. The van der Waals surface area contributed by atoms with Crippen molar-refractivity contribution < 1.29 is 0 Å². The lowest BCUT2D eigenvalue weighted by atomic mass is 10.0. The maximum Gasteiger partial charge on any atom is 0.180 e. The van der Waals surface area contributed by atoms with Crippen molar-refractivity contribution in [2.24, 2.45) is 0 Å². The van der Waals surface area contributed by atoms with Crippen LogP contribution in [0.25, 0.3) is 0 Å². The van der Waals surface area contributed by atoms with Gasteiger partial charge in [0.25, 0.3) is 0 Å². The van der Waals surface area contributed by atoms with Gasteiger partial charge >= 0.3 is 0 Å². The molecule has 1 aromatic heterocycles. The van der Waals surface area contributed by atoms with E-state index in [1.165, 1.54) is 36.1 Å². The van der Waals surface area contributed by atoms with Crippen molar-refractivity contribution in [2.75, 3.05) is 12.3 Å². The van der Waals surface area contributed by atoms with Gasteiger partial charge in [-0.15, -0.1) is 23.7 Å². The van der Waals surface area contributed by atoms with Crippen molar-refractivity contribution in [3.05, 3.63) is 47.0 Å². The van der Waals surface area contributed by atoms with Gasteiger partial charge in [0.05, 0.1) is 0 Å². The van der Waals surface area contributed by atoms with E-state index in [-0.39, 0.29) is 12.4 Å². The van der Waals surface area contributed by atoms with E-state index in [4.69, 9.17) is 5.73 Å². The summed E-state index contributed by atoms with van der Waals surface area (Å²) in [5.41, 5.74) is 7.19. The van der Waals surface area contributed by atoms with Crippen molar-refractivity contribution in [3.8, 4) is 0 Å². The van der Waals surface area contributed by atoms with Gasteiger partial charge in [0.15, 0.2) is 5.13 Å².